The van der Waals surface area contributed by atoms with Gasteiger partial charge in [-0.05, 0) is 33.8 Å². The number of aliphatic hydroxyl groups excluding tert-OH is 1. The number of aliphatic hydroxyl groups is 1. The van der Waals surface area contributed by atoms with Crippen LogP contribution < -0.4 is 0 Å². The third-order valence-electron chi connectivity index (χ3n) is 2.80. The Morgan fingerprint density at radius 1 is 1.46 bits per heavy atom. The van der Waals surface area contributed by atoms with Gasteiger partial charge >= 0.3 is 0 Å². The smallest absolute Gasteiger partial charge is 0.177 e. The van der Waals surface area contributed by atoms with Crippen molar-refractivity contribution in [2.75, 3.05) is 6.54 Å². The first-order valence-corrected chi connectivity index (χ1v) is 4.69. The van der Waals surface area contributed by atoms with Gasteiger partial charge in [0.2, 0.25) is 0 Å². The molecule has 0 amide bonds. The molecule has 0 aromatic rings. The van der Waals surface area contributed by atoms with Crippen molar-refractivity contribution in [1.29, 1.82) is 0 Å². The zero-order valence-corrected chi connectivity index (χ0v) is 8.66. The quantitative estimate of drug-likeness (QED) is 0.618. The molecule has 74 valence electrons. The van der Waals surface area contributed by atoms with Gasteiger partial charge < -0.3 is 14.7 Å². The second-order valence-corrected chi connectivity index (χ2v) is 4.97. The lowest BCUT2D eigenvalue weighted by atomic mass is 10.1. The summed E-state index contributed by atoms with van der Waals surface area (Å²) in [7, 11) is 0. The first-order valence-electron chi connectivity index (χ1n) is 4.69. The second kappa shape index (κ2) is 2.28. The summed E-state index contributed by atoms with van der Waals surface area (Å²) in [6, 6.07) is 0. The fourth-order valence-corrected chi connectivity index (χ4v) is 1.91. The van der Waals surface area contributed by atoms with E-state index in [1.54, 1.807) is 6.08 Å². The van der Waals surface area contributed by atoms with Crippen molar-refractivity contribution in [3.05, 3.63) is 11.8 Å². The van der Waals surface area contributed by atoms with Crippen molar-refractivity contribution in [3.8, 4) is 0 Å². The van der Waals surface area contributed by atoms with Crippen molar-refractivity contribution >= 4 is 0 Å². The van der Waals surface area contributed by atoms with Crippen LogP contribution in [-0.4, -0.2) is 34.0 Å². The molecule has 13 heavy (non-hydrogen) atoms. The van der Waals surface area contributed by atoms with E-state index in [0.717, 1.165) is 12.2 Å². The molecule has 3 nitrogen and oxygen atoms in total. The molecule has 2 heterocycles. The molecule has 1 N–H and O–H groups in total. The third kappa shape index (κ3) is 1.36. The van der Waals surface area contributed by atoms with Crippen LogP contribution in [0.1, 0.15) is 27.7 Å². The van der Waals surface area contributed by atoms with Crippen LogP contribution in [0, 0.1) is 0 Å². The van der Waals surface area contributed by atoms with Gasteiger partial charge in [0.25, 0.3) is 0 Å². The van der Waals surface area contributed by atoms with E-state index in [1.807, 2.05) is 13.8 Å². The summed E-state index contributed by atoms with van der Waals surface area (Å²) < 4.78 is 5.38. The van der Waals surface area contributed by atoms with Crippen LogP contribution >= 0.6 is 0 Å². The van der Waals surface area contributed by atoms with Crippen molar-refractivity contribution < 1.29 is 9.84 Å². The summed E-state index contributed by atoms with van der Waals surface area (Å²) in [6.45, 7) is 9.41. The maximum Gasteiger partial charge on any atom is 0.177 e. The standard InChI is InChI=1S/C10H17NO2/c1-9(2)6-11(9)7-5-8(12)13-10(7,3)4/h5,8,12H,6H2,1-4H3. The minimum Gasteiger partial charge on any atom is -0.365 e. The van der Waals surface area contributed by atoms with Gasteiger partial charge in [-0.3, -0.25) is 0 Å². The fraction of sp³-hybridized carbons (Fsp3) is 0.800. The fourth-order valence-electron chi connectivity index (χ4n) is 1.91. The average Bonchev–Trinajstić information content (AvgIpc) is 2.43. The van der Waals surface area contributed by atoms with E-state index in [1.165, 1.54) is 0 Å². The minimum atomic E-state index is -0.735. The summed E-state index contributed by atoms with van der Waals surface area (Å²) in [4.78, 5) is 2.27. The van der Waals surface area contributed by atoms with E-state index in [4.69, 9.17) is 4.74 Å². The number of nitrogens with zero attached hydrogens (tertiary/aromatic N) is 1. The van der Waals surface area contributed by atoms with E-state index in [0.29, 0.717) is 0 Å². The van der Waals surface area contributed by atoms with Gasteiger partial charge in [0.05, 0.1) is 5.54 Å². The van der Waals surface area contributed by atoms with E-state index in [2.05, 4.69) is 18.7 Å². The van der Waals surface area contributed by atoms with E-state index in [-0.39, 0.29) is 11.1 Å². The lowest BCUT2D eigenvalue weighted by Crippen LogP contribution is -2.29. The van der Waals surface area contributed by atoms with Crippen LogP contribution in [0.25, 0.3) is 0 Å². The molecule has 0 radical (unpaired) electrons. The topological polar surface area (TPSA) is 32.5 Å². The van der Waals surface area contributed by atoms with Crippen LogP contribution in [0.4, 0.5) is 0 Å². The van der Waals surface area contributed by atoms with E-state index >= 15 is 0 Å². The predicted molar refractivity (Wildman–Crippen MR) is 50.0 cm³/mol. The first-order chi connectivity index (χ1) is 5.83. The molecule has 2 aliphatic rings. The molecule has 1 unspecified atom stereocenters. The summed E-state index contributed by atoms with van der Waals surface area (Å²) in [6.07, 6.45) is 1.07. The predicted octanol–water partition coefficient (Wildman–Crippen LogP) is 1.09. The zero-order chi connectivity index (χ0) is 9.85. The Hall–Kier alpha value is -0.540. The molecule has 0 aromatic heterocycles. The monoisotopic (exact) mass is 183 g/mol. The molecule has 0 bridgehead atoms. The molecule has 1 saturated heterocycles. The first kappa shape index (κ1) is 9.03. The molecular weight excluding hydrogens is 166 g/mol. The normalized spacial score (nSPS) is 34.7. The van der Waals surface area contributed by atoms with E-state index in [9.17, 15) is 5.11 Å². The van der Waals surface area contributed by atoms with Gasteiger partial charge in [-0.25, -0.2) is 0 Å². The van der Waals surface area contributed by atoms with Crippen LogP contribution in [0.15, 0.2) is 11.8 Å². The van der Waals surface area contributed by atoms with Gasteiger partial charge in [0.1, 0.15) is 5.60 Å². The average molecular weight is 183 g/mol. The molecule has 1 fully saturated rings. The van der Waals surface area contributed by atoms with Crippen molar-refractivity contribution in [3.63, 3.8) is 0 Å². The van der Waals surface area contributed by atoms with Gasteiger partial charge in [-0.15, -0.1) is 0 Å². The molecule has 0 aliphatic carbocycles. The highest BCUT2D eigenvalue weighted by Gasteiger charge is 2.50. The van der Waals surface area contributed by atoms with Crippen LogP contribution in [0.5, 0.6) is 0 Å². The lowest BCUT2D eigenvalue weighted by molar-refractivity contribution is -0.113. The molecule has 0 aromatic carbocycles. The Bertz CT molecular complexity index is 268. The van der Waals surface area contributed by atoms with Crippen molar-refractivity contribution in [1.82, 2.24) is 4.90 Å². The molecule has 2 rings (SSSR count). The number of rotatable bonds is 1. The van der Waals surface area contributed by atoms with Gasteiger partial charge in [0.15, 0.2) is 6.29 Å². The highest BCUT2D eigenvalue weighted by atomic mass is 16.6. The van der Waals surface area contributed by atoms with Crippen LogP contribution in [0.3, 0.4) is 0 Å². The molecule has 1 atom stereocenters. The highest BCUT2D eigenvalue weighted by Crippen LogP contribution is 2.43. The summed E-state index contributed by atoms with van der Waals surface area (Å²) in [5.41, 5.74) is 1.02. The Labute approximate surface area is 79.0 Å². The molecule has 0 saturated carbocycles. The number of hydrogen-bond donors (Lipinski definition) is 1. The molecular formula is C10H17NO2. The molecule has 0 spiro atoms. The summed E-state index contributed by atoms with van der Waals surface area (Å²) in [5.74, 6) is 0. The third-order valence-corrected chi connectivity index (χ3v) is 2.80. The Morgan fingerprint density at radius 3 is 2.31 bits per heavy atom. The highest BCUT2D eigenvalue weighted by molar-refractivity contribution is 5.27. The van der Waals surface area contributed by atoms with Gasteiger partial charge in [-0.1, -0.05) is 0 Å². The van der Waals surface area contributed by atoms with Crippen molar-refractivity contribution in [2.45, 2.75) is 45.1 Å². The molecule has 3 heteroatoms. The van der Waals surface area contributed by atoms with Crippen LogP contribution in [-0.2, 0) is 4.74 Å². The Kier molecular flexibility index (Phi) is 1.58. The Balaban J connectivity index is 2.20. The molecule has 2 aliphatic heterocycles. The minimum absolute atomic E-state index is 0.247. The van der Waals surface area contributed by atoms with Crippen LogP contribution in [0.2, 0.25) is 0 Å². The second-order valence-electron chi connectivity index (χ2n) is 4.97. The van der Waals surface area contributed by atoms with Crippen molar-refractivity contribution in [2.24, 2.45) is 0 Å². The Morgan fingerprint density at radius 2 is 2.00 bits per heavy atom. The zero-order valence-electron chi connectivity index (χ0n) is 8.66. The lowest BCUT2D eigenvalue weighted by Gasteiger charge is -2.25. The van der Waals surface area contributed by atoms with Gasteiger partial charge in [-0.2, -0.15) is 0 Å². The SMILES string of the molecule is CC1(C)OC(O)C=C1N1CC1(C)C. The summed E-state index contributed by atoms with van der Waals surface area (Å²) in [5, 5.41) is 9.36. The van der Waals surface area contributed by atoms with Gasteiger partial charge in [0, 0.05) is 12.2 Å². The maximum absolute atomic E-state index is 9.36. The maximum atomic E-state index is 9.36. The van der Waals surface area contributed by atoms with E-state index < -0.39 is 6.29 Å². The largest absolute Gasteiger partial charge is 0.365 e. The summed E-state index contributed by atoms with van der Waals surface area (Å²) >= 11 is 0. The number of ether oxygens (including phenoxy) is 1. The number of hydrogen-bond acceptors (Lipinski definition) is 3.